The first-order valence-electron chi connectivity index (χ1n) is 6.83. The van der Waals surface area contributed by atoms with Gasteiger partial charge in [0.05, 0.1) is 0 Å². The number of unbranched alkanes of at least 4 members (excludes halogenated alkanes) is 4. The van der Waals surface area contributed by atoms with Crippen LogP contribution in [-0.4, -0.2) is 6.04 Å². The van der Waals surface area contributed by atoms with E-state index in [1.165, 1.54) is 37.8 Å². The molecule has 0 saturated carbocycles. The molecule has 18 heavy (non-hydrogen) atoms. The van der Waals surface area contributed by atoms with Gasteiger partial charge in [0.1, 0.15) is 0 Å². The minimum atomic E-state index is -0.799. The Bertz CT molecular complexity index is 352. The summed E-state index contributed by atoms with van der Waals surface area (Å²) in [6.45, 7) is 2.19. The Hall–Kier alpha value is -0.960. The minimum Gasteiger partial charge on any atom is -0.327 e. The van der Waals surface area contributed by atoms with Crippen molar-refractivity contribution in [3.63, 3.8) is 0 Å². The largest absolute Gasteiger partial charge is 0.327 e. The third-order valence-corrected chi connectivity index (χ3v) is 3.16. The first-order chi connectivity index (χ1) is 8.63. The molecular formula is C15H23F2N. The molecule has 0 amide bonds. The van der Waals surface area contributed by atoms with E-state index in [1.54, 1.807) is 6.07 Å². The highest BCUT2D eigenvalue weighted by molar-refractivity contribution is 5.18. The summed E-state index contributed by atoms with van der Waals surface area (Å²) in [6, 6.07) is 4.05. The topological polar surface area (TPSA) is 26.0 Å². The molecule has 1 nitrogen and oxygen atoms in total. The molecule has 0 spiro atoms. The Morgan fingerprint density at radius 3 is 2.44 bits per heavy atom. The van der Waals surface area contributed by atoms with Crippen LogP contribution in [0.1, 0.15) is 51.0 Å². The van der Waals surface area contributed by atoms with Gasteiger partial charge in [0.2, 0.25) is 0 Å². The van der Waals surface area contributed by atoms with E-state index in [-0.39, 0.29) is 6.04 Å². The third-order valence-electron chi connectivity index (χ3n) is 3.16. The van der Waals surface area contributed by atoms with Crippen molar-refractivity contribution >= 4 is 0 Å². The molecule has 0 aliphatic heterocycles. The predicted molar refractivity (Wildman–Crippen MR) is 71.4 cm³/mol. The second kappa shape index (κ2) is 8.20. The lowest BCUT2D eigenvalue weighted by Crippen LogP contribution is -2.22. The maximum atomic E-state index is 13.0. The quantitative estimate of drug-likeness (QED) is 0.692. The Morgan fingerprint density at radius 2 is 1.78 bits per heavy atom. The van der Waals surface area contributed by atoms with Gasteiger partial charge in [-0.2, -0.15) is 0 Å². The molecule has 102 valence electrons. The zero-order valence-corrected chi connectivity index (χ0v) is 11.1. The molecule has 0 heterocycles. The SMILES string of the molecule is CCCCCCCC(N)Cc1ccc(F)c(F)c1. The van der Waals surface area contributed by atoms with Gasteiger partial charge in [0, 0.05) is 6.04 Å². The van der Waals surface area contributed by atoms with E-state index in [0.717, 1.165) is 18.4 Å². The fraction of sp³-hybridized carbons (Fsp3) is 0.600. The maximum Gasteiger partial charge on any atom is 0.159 e. The molecule has 0 aliphatic carbocycles. The molecule has 1 atom stereocenters. The molecule has 0 aliphatic rings. The molecular weight excluding hydrogens is 232 g/mol. The van der Waals surface area contributed by atoms with Crippen molar-refractivity contribution in [3.05, 3.63) is 35.4 Å². The highest BCUT2D eigenvalue weighted by atomic mass is 19.2. The van der Waals surface area contributed by atoms with E-state index in [1.807, 2.05) is 0 Å². The standard InChI is InChI=1S/C15H23F2N/c1-2-3-4-5-6-7-13(18)10-12-8-9-14(16)15(17)11-12/h8-9,11,13H,2-7,10,18H2,1H3. The molecule has 1 unspecified atom stereocenters. The summed E-state index contributed by atoms with van der Waals surface area (Å²) in [5.41, 5.74) is 6.77. The van der Waals surface area contributed by atoms with E-state index in [4.69, 9.17) is 5.73 Å². The Labute approximate surface area is 108 Å². The Balaban J connectivity index is 2.26. The summed E-state index contributed by atoms with van der Waals surface area (Å²) in [6.07, 6.45) is 7.66. The van der Waals surface area contributed by atoms with Gasteiger partial charge in [-0.15, -0.1) is 0 Å². The molecule has 1 aromatic rings. The molecule has 3 heteroatoms. The predicted octanol–water partition coefficient (Wildman–Crippen LogP) is 4.20. The van der Waals surface area contributed by atoms with E-state index in [2.05, 4.69) is 6.92 Å². The van der Waals surface area contributed by atoms with Gasteiger partial charge < -0.3 is 5.73 Å². The summed E-state index contributed by atoms with van der Waals surface area (Å²) < 4.78 is 25.8. The summed E-state index contributed by atoms with van der Waals surface area (Å²) in [5, 5.41) is 0. The highest BCUT2D eigenvalue weighted by Crippen LogP contribution is 2.13. The molecule has 1 rings (SSSR count). The summed E-state index contributed by atoms with van der Waals surface area (Å²) in [5.74, 6) is -1.59. The number of hydrogen-bond acceptors (Lipinski definition) is 1. The maximum absolute atomic E-state index is 13.0. The van der Waals surface area contributed by atoms with Crippen molar-refractivity contribution in [3.8, 4) is 0 Å². The lowest BCUT2D eigenvalue weighted by atomic mass is 10.0. The van der Waals surface area contributed by atoms with E-state index in [9.17, 15) is 8.78 Å². The second-order valence-corrected chi connectivity index (χ2v) is 4.92. The van der Waals surface area contributed by atoms with E-state index >= 15 is 0 Å². The fourth-order valence-corrected chi connectivity index (χ4v) is 2.08. The molecule has 0 radical (unpaired) electrons. The monoisotopic (exact) mass is 255 g/mol. The molecule has 1 aromatic carbocycles. The fourth-order valence-electron chi connectivity index (χ4n) is 2.08. The number of benzene rings is 1. The van der Waals surface area contributed by atoms with Gasteiger partial charge in [0.15, 0.2) is 11.6 Å². The lowest BCUT2D eigenvalue weighted by molar-refractivity contribution is 0.503. The van der Waals surface area contributed by atoms with Crippen molar-refractivity contribution < 1.29 is 8.78 Å². The lowest BCUT2D eigenvalue weighted by Gasteiger charge is -2.11. The number of rotatable bonds is 8. The number of nitrogens with two attached hydrogens (primary N) is 1. The second-order valence-electron chi connectivity index (χ2n) is 4.92. The molecule has 2 N–H and O–H groups in total. The molecule has 0 saturated heterocycles. The van der Waals surface area contributed by atoms with Crippen molar-refractivity contribution in [2.45, 2.75) is 57.9 Å². The zero-order chi connectivity index (χ0) is 13.4. The summed E-state index contributed by atoms with van der Waals surface area (Å²) >= 11 is 0. The summed E-state index contributed by atoms with van der Waals surface area (Å²) in [7, 11) is 0. The minimum absolute atomic E-state index is 0.0384. The van der Waals surface area contributed by atoms with Crippen LogP contribution in [0.25, 0.3) is 0 Å². The van der Waals surface area contributed by atoms with Crippen molar-refractivity contribution in [1.29, 1.82) is 0 Å². The number of halogens is 2. The smallest absolute Gasteiger partial charge is 0.159 e. The van der Waals surface area contributed by atoms with E-state index in [0.29, 0.717) is 6.42 Å². The van der Waals surface area contributed by atoms with Gasteiger partial charge in [-0.1, -0.05) is 45.1 Å². The van der Waals surface area contributed by atoms with Gasteiger partial charge >= 0.3 is 0 Å². The normalized spacial score (nSPS) is 12.7. The third kappa shape index (κ3) is 5.58. The van der Waals surface area contributed by atoms with Gasteiger partial charge in [-0.3, -0.25) is 0 Å². The van der Waals surface area contributed by atoms with Crippen molar-refractivity contribution in [2.75, 3.05) is 0 Å². The first kappa shape index (κ1) is 15.1. The van der Waals surface area contributed by atoms with Crippen LogP contribution in [0.3, 0.4) is 0 Å². The molecule has 0 bridgehead atoms. The van der Waals surface area contributed by atoms with Crippen molar-refractivity contribution in [2.24, 2.45) is 5.73 Å². The van der Waals surface area contributed by atoms with Crippen LogP contribution >= 0.6 is 0 Å². The van der Waals surface area contributed by atoms with Crippen molar-refractivity contribution in [1.82, 2.24) is 0 Å². The average molecular weight is 255 g/mol. The average Bonchev–Trinajstić information content (AvgIpc) is 2.34. The zero-order valence-electron chi connectivity index (χ0n) is 11.1. The highest BCUT2D eigenvalue weighted by Gasteiger charge is 2.07. The van der Waals surface area contributed by atoms with Gasteiger partial charge in [-0.25, -0.2) is 8.78 Å². The Kier molecular flexibility index (Phi) is 6.88. The van der Waals surface area contributed by atoms with Crippen LogP contribution in [0.4, 0.5) is 8.78 Å². The van der Waals surface area contributed by atoms with Gasteiger partial charge in [0.25, 0.3) is 0 Å². The van der Waals surface area contributed by atoms with Gasteiger partial charge in [-0.05, 0) is 30.5 Å². The van der Waals surface area contributed by atoms with Crippen LogP contribution in [0.5, 0.6) is 0 Å². The van der Waals surface area contributed by atoms with Crippen LogP contribution in [-0.2, 0) is 6.42 Å². The van der Waals surface area contributed by atoms with Crippen LogP contribution in [0.15, 0.2) is 18.2 Å². The molecule has 0 fully saturated rings. The first-order valence-corrected chi connectivity index (χ1v) is 6.83. The van der Waals surface area contributed by atoms with Crippen LogP contribution < -0.4 is 5.73 Å². The van der Waals surface area contributed by atoms with Crippen LogP contribution in [0.2, 0.25) is 0 Å². The molecule has 0 aromatic heterocycles. The Morgan fingerprint density at radius 1 is 1.06 bits per heavy atom. The van der Waals surface area contributed by atoms with E-state index < -0.39 is 11.6 Å². The number of hydrogen-bond donors (Lipinski definition) is 1. The summed E-state index contributed by atoms with van der Waals surface area (Å²) in [4.78, 5) is 0. The van der Waals surface area contributed by atoms with Crippen LogP contribution in [0, 0.1) is 11.6 Å².